The van der Waals surface area contributed by atoms with E-state index in [2.05, 4.69) is 35.9 Å². The van der Waals surface area contributed by atoms with Crippen LogP contribution in [0.1, 0.15) is 38.7 Å². The summed E-state index contributed by atoms with van der Waals surface area (Å²) in [6, 6.07) is 6.45. The fraction of sp³-hybridized carbons (Fsp3) is 0.565. The van der Waals surface area contributed by atoms with E-state index in [0.29, 0.717) is 12.2 Å². The number of rotatable bonds is 7. The molecule has 4 rings (SSSR count). The highest BCUT2D eigenvalue weighted by molar-refractivity contribution is 5.82. The summed E-state index contributed by atoms with van der Waals surface area (Å²) in [4.78, 5) is 19.5. The molecule has 0 bridgehead atoms. The molecule has 0 radical (unpaired) electrons. The molecule has 1 aromatic heterocycles. The van der Waals surface area contributed by atoms with Gasteiger partial charge in [0.1, 0.15) is 11.5 Å². The Labute approximate surface area is 177 Å². The van der Waals surface area contributed by atoms with Crippen molar-refractivity contribution in [3.8, 4) is 11.3 Å². The van der Waals surface area contributed by atoms with Crippen molar-refractivity contribution in [2.45, 2.75) is 45.7 Å². The Bertz CT molecular complexity index is 870. The number of nitrogens with zero attached hydrogens (tertiary/aromatic N) is 4. The van der Waals surface area contributed by atoms with Crippen LogP contribution in [-0.4, -0.2) is 60.1 Å². The minimum atomic E-state index is -0.284. The van der Waals surface area contributed by atoms with Gasteiger partial charge in [-0.3, -0.25) is 4.79 Å². The van der Waals surface area contributed by atoms with Gasteiger partial charge in [-0.15, -0.1) is 0 Å². The molecule has 1 amide bonds. The Morgan fingerprint density at radius 2 is 1.90 bits per heavy atom. The number of likely N-dealkylation sites (N-methyl/N-ethyl adjacent to an activating group) is 1. The van der Waals surface area contributed by atoms with Crippen molar-refractivity contribution < 1.29 is 13.7 Å². The number of halogens is 1. The standard InChI is InChI=1S/C23H31FN4O2/c1-4-16(2)28(22(29)18-5-6-18)15-20-21(17-7-9-19(24)10-8-17)25-30-23(20)27-13-11-26(3)12-14-27/h7-10,16,18H,4-6,11-15H2,1-3H3/t16-/m1/s1. The van der Waals surface area contributed by atoms with Crippen molar-refractivity contribution in [2.75, 3.05) is 38.1 Å². The molecule has 1 saturated heterocycles. The lowest BCUT2D eigenvalue weighted by Crippen LogP contribution is -2.45. The summed E-state index contributed by atoms with van der Waals surface area (Å²) in [7, 11) is 2.11. The molecule has 2 fully saturated rings. The molecule has 30 heavy (non-hydrogen) atoms. The smallest absolute Gasteiger partial charge is 0.232 e. The quantitative estimate of drug-likeness (QED) is 0.690. The topological polar surface area (TPSA) is 52.8 Å². The first-order chi connectivity index (χ1) is 14.5. The number of aromatic nitrogens is 1. The van der Waals surface area contributed by atoms with Crippen LogP contribution in [0.3, 0.4) is 0 Å². The number of carbonyl (C=O) groups is 1. The fourth-order valence-electron chi connectivity index (χ4n) is 3.94. The minimum absolute atomic E-state index is 0.134. The highest BCUT2D eigenvalue weighted by Crippen LogP contribution is 2.36. The molecule has 2 aliphatic rings. The first-order valence-corrected chi connectivity index (χ1v) is 11.0. The summed E-state index contributed by atoms with van der Waals surface area (Å²) in [5.74, 6) is 0.827. The van der Waals surface area contributed by atoms with E-state index in [1.807, 2.05) is 4.90 Å². The maximum absolute atomic E-state index is 13.5. The van der Waals surface area contributed by atoms with Crippen molar-refractivity contribution in [2.24, 2.45) is 5.92 Å². The van der Waals surface area contributed by atoms with Crippen LogP contribution in [-0.2, 0) is 11.3 Å². The second kappa shape index (κ2) is 8.76. The summed E-state index contributed by atoms with van der Waals surface area (Å²) in [6.45, 7) is 8.25. The molecule has 7 heteroatoms. The highest BCUT2D eigenvalue weighted by atomic mass is 19.1. The molecule has 2 aromatic rings. The van der Waals surface area contributed by atoms with Gasteiger partial charge in [-0.05, 0) is 57.5 Å². The highest BCUT2D eigenvalue weighted by Gasteiger charge is 2.36. The van der Waals surface area contributed by atoms with Gasteiger partial charge in [0.05, 0.1) is 12.1 Å². The molecule has 6 nitrogen and oxygen atoms in total. The van der Waals surface area contributed by atoms with Crippen molar-refractivity contribution in [1.29, 1.82) is 0 Å². The zero-order valence-corrected chi connectivity index (χ0v) is 18.1. The maximum Gasteiger partial charge on any atom is 0.232 e. The van der Waals surface area contributed by atoms with E-state index in [4.69, 9.17) is 4.52 Å². The third-order valence-corrected chi connectivity index (χ3v) is 6.34. The van der Waals surface area contributed by atoms with Gasteiger partial charge in [0.2, 0.25) is 11.8 Å². The van der Waals surface area contributed by atoms with E-state index in [0.717, 1.165) is 62.5 Å². The number of amides is 1. The zero-order valence-electron chi connectivity index (χ0n) is 18.1. The number of piperazine rings is 1. The number of hydrogen-bond donors (Lipinski definition) is 0. The van der Waals surface area contributed by atoms with Gasteiger partial charge < -0.3 is 19.2 Å². The van der Waals surface area contributed by atoms with Gasteiger partial charge >= 0.3 is 0 Å². The number of benzene rings is 1. The van der Waals surface area contributed by atoms with Crippen LogP contribution in [0, 0.1) is 11.7 Å². The monoisotopic (exact) mass is 414 g/mol. The molecule has 1 aromatic carbocycles. The van der Waals surface area contributed by atoms with E-state index in [9.17, 15) is 9.18 Å². The van der Waals surface area contributed by atoms with Crippen molar-refractivity contribution in [1.82, 2.24) is 15.0 Å². The third-order valence-electron chi connectivity index (χ3n) is 6.34. The number of hydrogen-bond acceptors (Lipinski definition) is 5. The average molecular weight is 415 g/mol. The van der Waals surface area contributed by atoms with Crippen LogP contribution < -0.4 is 4.90 Å². The Morgan fingerprint density at radius 1 is 1.23 bits per heavy atom. The summed E-state index contributed by atoms with van der Waals surface area (Å²) < 4.78 is 19.3. The normalized spacial score (nSPS) is 18.5. The van der Waals surface area contributed by atoms with Gasteiger partial charge in [0.15, 0.2) is 0 Å². The van der Waals surface area contributed by atoms with Gasteiger partial charge in [-0.25, -0.2) is 4.39 Å². The van der Waals surface area contributed by atoms with Crippen molar-refractivity contribution in [3.05, 3.63) is 35.6 Å². The van der Waals surface area contributed by atoms with Crippen LogP contribution in [0.2, 0.25) is 0 Å². The molecule has 0 N–H and O–H groups in total. The fourth-order valence-corrected chi connectivity index (χ4v) is 3.94. The lowest BCUT2D eigenvalue weighted by molar-refractivity contribution is -0.135. The number of anilines is 1. The molecule has 0 unspecified atom stereocenters. The van der Waals surface area contributed by atoms with Crippen molar-refractivity contribution >= 4 is 11.8 Å². The maximum atomic E-state index is 13.5. The van der Waals surface area contributed by atoms with Crippen LogP contribution in [0.5, 0.6) is 0 Å². The lowest BCUT2D eigenvalue weighted by atomic mass is 10.0. The van der Waals surface area contributed by atoms with Crippen molar-refractivity contribution in [3.63, 3.8) is 0 Å². The summed E-state index contributed by atoms with van der Waals surface area (Å²) in [6.07, 6.45) is 2.84. The Morgan fingerprint density at radius 3 is 2.50 bits per heavy atom. The van der Waals surface area contributed by atoms with Crippen LogP contribution in [0.15, 0.2) is 28.8 Å². The summed E-state index contributed by atoms with van der Waals surface area (Å²) in [5.41, 5.74) is 2.42. The minimum Gasteiger partial charge on any atom is -0.338 e. The first-order valence-electron chi connectivity index (χ1n) is 11.0. The van der Waals surface area contributed by atoms with Crippen LogP contribution >= 0.6 is 0 Å². The number of carbonyl (C=O) groups excluding carboxylic acids is 1. The first kappa shape index (κ1) is 20.8. The molecule has 1 aliphatic carbocycles. The van der Waals surface area contributed by atoms with E-state index >= 15 is 0 Å². The molecule has 1 aliphatic heterocycles. The summed E-state index contributed by atoms with van der Waals surface area (Å²) >= 11 is 0. The molecule has 0 spiro atoms. The SMILES string of the molecule is CC[C@@H](C)N(Cc1c(-c2ccc(F)cc2)noc1N1CCN(C)CC1)C(=O)C1CC1. The van der Waals surface area contributed by atoms with E-state index < -0.39 is 0 Å². The third kappa shape index (κ3) is 4.36. The van der Waals surface area contributed by atoms with Crippen LogP contribution in [0.4, 0.5) is 10.3 Å². The van der Waals surface area contributed by atoms with Gasteiger partial charge in [-0.2, -0.15) is 0 Å². The Kier molecular flexibility index (Phi) is 6.09. The Hall–Kier alpha value is -2.41. The van der Waals surface area contributed by atoms with Gasteiger partial charge in [0, 0.05) is 43.7 Å². The van der Waals surface area contributed by atoms with Gasteiger partial charge in [-0.1, -0.05) is 12.1 Å². The van der Waals surface area contributed by atoms with E-state index in [1.54, 1.807) is 12.1 Å². The molecule has 2 heterocycles. The zero-order chi connectivity index (χ0) is 21.3. The molecular formula is C23H31FN4O2. The van der Waals surface area contributed by atoms with Crippen LogP contribution in [0.25, 0.3) is 11.3 Å². The van der Waals surface area contributed by atoms with Gasteiger partial charge in [0.25, 0.3) is 0 Å². The predicted octanol–water partition coefficient (Wildman–Crippen LogP) is 3.77. The molecule has 1 atom stereocenters. The van der Waals surface area contributed by atoms with E-state index in [-0.39, 0.29) is 23.7 Å². The Balaban J connectivity index is 1.71. The largest absolute Gasteiger partial charge is 0.338 e. The molecular weight excluding hydrogens is 383 g/mol. The summed E-state index contributed by atoms with van der Waals surface area (Å²) in [5, 5.41) is 4.38. The lowest BCUT2D eigenvalue weighted by Gasteiger charge is -2.33. The molecule has 1 saturated carbocycles. The second-order valence-corrected chi connectivity index (χ2v) is 8.61. The second-order valence-electron chi connectivity index (χ2n) is 8.61. The predicted molar refractivity (Wildman–Crippen MR) is 115 cm³/mol. The average Bonchev–Trinajstić information content (AvgIpc) is 3.53. The molecule has 162 valence electrons. The van der Waals surface area contributed by atoms with E-state index in [1.165, 1.54) is 12.1 Å².